The molecular formula is C19H26ClN3O2S. The van der Waals surface area contributed by atoms with Gasteiger partial charge in [-0.3, -0.25) is 4.99 Å². The molecule has 3 N–H and O–H groups in total. The predicted octanol–water partition coefficient (Wildman–Crippen LogP) is 3.80. The van der Waals surface area contributed by atoms with E-state index in [-0.39, 0.29) is 5.92 Å². The average Bonchev–Trinajstić information content (AvgIpc) is 3.09. The molecule has 0 aliphatic heterocycles. The van der Waals surface area contributed by atoms with E-state index in [1.54, 1.807) is 13.2 Å². The third-order valence-electron chi connectivity index (χ3n) is 3.92. The van der Waals surface area contributed by atoms with Crippen LogP contribution in [0, 0.1) is 0 Å². The van der Waals surface area contributed by atoms with Crippen molar-refractivity contribution in [3.8, 4) is 5.75 Å². The molecule has 1 aromatic carbocycles. The third-order valence-corrected chi connectivity index (χ3v) is 5.25. The predicted molar refractivity (Wildman–Crippen MR) is 110 cm³/mol. The van der Waals surface area contributed by atoms with Crippen LogP contribution >= 0.6 is 22.9 Å². The zero-order valence-corrected chi connectivity index (χ0v) is 16.9. The second kappa shape index (κ2) is 10.4. The molecule has 2 aromatic rings. The standard InChI is InChI=1S/C19H26ClN3O2S/c1-4-21-19(23-12-15(24)17-9-10-18(20)26-17)22-11-13(2)14-7-5-6-8-16(14)25-3/h5-10,13,15,24H,4,11-12H2,1-3H3,(H2,21,22,23). The Morgan fingerprint density at radius 1 is 1.27 bits per heavy atom. The van der Waals surface area contributed by atoms with Crippen molar-refractivity contribution in [2.24, 2.45) is 4.99 Å². The summed E-state index contributed by atoms with van der Waals surface area (Å²) in [7, 11) is 1.68. The summed E-state index contributed by atoms with van der Waals surface area (Å²) in [6.07, 6.45) is -0.622. The summed E-state index contributed by atoms with van der Waals surface area (Å²) in [5.74, 6) is 1.76. The molecule has 0 fully saturated rings. The molecule has 5 nitrogen and oxygen atoms in total. The number of aliphatic imine (C=N–C) groups is 1. The van der Waals surface area contributed by atoms with Crippen LogP contribution in [0.1, 0.15) is 36.3 Å². The van der Waals surface area contributed by atoms with E-state index in [1.165, 1.54) is 11.3 Å². The Balaban J connectivity index is 1.97. The monoisotopic (exact) mass is 395 g/mol. The van der Waals surface area contributed by atoms with Crippen molar-refractivity contribution in [1.82, 2.24) is 10.6 Å². The quantitative estimate of drug-likeness (QED) is 0.469. The van der Waals surface area contributed by atoms with Gasteiger partial charge in [0.2, 0.25) is 0 Å². The topological polar surface area (TPSA) is 65.9 Å². The van der Waals surface area contributed by atoms with Gasteiger partial charge in [0, 0.05) is 30.4 Å². The highest BCUT2D eigenvalue weighted by molar-refractivity contribution is 7.16. The number of halogens is 1. The van der Waals surface area contributed by atoms with Gasteiger partial charge in [-0.2, -0.15) is 0 Å². The number of guanidine groups is 1. The molecule has 0 radical (unpaired) electrons. The number of thiophene rings is 1. The molecule has 0 saturated carbocycles. The molecule has 7 heteroatoms. The Kier molecular flexibility index (Phi) is 8.22. The van der Waals surface area contributed by atoms with Gasteiger partial charge in [-0.15, -0.1) is 11.3 Å². The minimum atomic E-state index is -0.622. The molecule has 2 rings (SSSR count). The van der Waals surface area contributed by atoms with Crippen LogP contribution in [0.25, 0.3) is 0 Å². The van der Waals surface area contributed by atoms with E-state index in [0.29, 0.717) is 23.4 Å². The Morgan fingerprint density at radius 3 is 2.69 bits per heavy atom. The molecule has 0 bridgehead atoms. The SMILES string of the molecule is CCNC(=NCC(C)c1ccccc1OC)NCC(O)c1ccc(Cl)s1. The first-order valence-electron chi connectivity index (χ1n) is 8.63. The zero-order valence-electron chi connectivity index (χ0n) is 15.3. The van der Waals surface area contributed by atoms with Gasteiger partial charge in [-0.25, -0.2) is 0 Å². The lowest BCUT2D eigenvalue weighted by atomic mass is 10.0. The smallest absolute Gasteiger partial charge is 0.191 e. The number of ether oxygens (including phenoxy) is 1. The van der Waals surface area contributed by atoms with E-state index in [2.05, 4.69) is 28.6 Å². The van der Waals surface area contributed by atoms with Crippen LogP contribution in [0.5, 0.6) is 5.75 Å². The summed E-state index contributed by atoms with van der Waals surface area (Å²) in [5.41, 5.74) is 1.13. The number of benzene rings is 1. The summed E-state index contributed by atoms with van der Waals surface area (Å²) in [6, 6.07) is 11.6. The van der Waals surface area contributed by atoms with Crippen molar-refractivity contribution in [3.63, 3.8) is 0 Å². The summed E-state index contributed by atoms with van der Waals surface area (Å²) >= 11 is 7.31. The van der Waals surface area contributed by atoms with Crippen molar-refractivity contribution in [1.29, 1.82) is 0 Å². The summed E-state index contributed by atoms with van der Waals surface area (Å²) in [5, 5.41) is 16.7. The highest BCUT2D eigenvalue weighted by Gasteiger charge is 2.13. The molecule has 2 atom stereocenters. The average molecular weight is 396 g/mol. The van der Waals surface area contributed by atoms with Crippen molar-refractivity contribution in [2.45, 2.75) is 25.9 Å². The largest absolute Gasteiger partial charge is 0.496 e. The zero-order chi connectivity index (χ0) is 18.9. The number of hydrogen-bond donors (Lipinski definition) is 3. The van der Waals surface area contributed by atoms with Crippen LogP contribution in [0.4, 0.5) is 0 Å². The number of hydrogen-bond acceptors (Lipinski definition) is 4. The molecule has 1 heterocycles. The summed E-state index contributed by atoms with van der Waals surface area (Å²) < 4.78 is 6.10. The van der Waals surface area contributed by atoms with Crippen molar-refractivity contribution in [3.05, 3.63) is 51.2 Å². The van der Waals surface area contributed by atoms with Gasteiger partial charge in [0.05, 0.1) is 11.4 Å². The molecule has 0 spiro atoms. The van der Waals surface area contributed by atoms with E-state index in [0.717, 1.165) is 22.7 Å². The Labute approximate surface area is 164 Å². The number of aliphatic hydroxyl groups is 1. The fourth-order valence-corrected chi connectivity index (χ4v) is 3.59. The Morgan fingerprint density at radius 2 is 2.04 bits per heavy atom. The minimum Gasteiger partial charge on any atom is -0.496 e. The molecule has 0 saturated heterocycles. The fourth-order valence-electron chi connectivity index (χ4n) is 2.54. The van der Waals surface area contributed by atoms with Gasteiger partial charge in [-0.1, -0.05) is 36.7 Å². The van der Waals surface area contributed by atoms with E-state index in [9.17, 15) is 5.11 Å². The molecule has 2 unspecified atom stereocenters. The molecule has 1 aromatic heterocycles. The Bertz CT molecular complexity index is 720. The third kappa shape index (κ3) is 5.90. The molecule has 26 heavy (non-hydrogen) atoms. The van der Waals surface area contributed by atoms with E-state index in [1.807, 2.05) is 31.2 Å². The van der Waals surface area contributed by atoms with E-state index in [4.69, 9.17) is 16.3 Å². The molecule has 0 amide bonds. The highest BCUT2D eigenvalue weighted by atomic mass is 35.5. The van der Waals surface area contributed by atoms with Gasteiger partial charge in [0.25, 0.3) is 0 Å². The molecule has 0 aliphatic rings. The highest BCUT2D eigenvalue weighted by Crippen LogP contribution is 2.27. The van der Waals surface area contributed by atoms with Crippen LogP contribution in [0.3, 0.4) is 0 Å². The van der Waals surface area contributed by atoms with Crippen molar-refractivity contribution >= 4 is 28.9 Å². The number of methoxy groups -OCH3 is 1. The minimum absolute atomic E-state index is 0.211. The maximum absolute atomic E-state index is 10.3. The maximum atomic E-state index is 10.3. The molecule has 0 aliphatic carbocycles. The molecule has 142 valence electrons. The first kappa shape index (κ1) is 20.6. The second-order valence-electron chi connectivity index (χ2n) is 5.90. The van der Waals surface area contributed by atoms with Crippen LogP contribution < -0.4 is 15.4 Å². The summed E-state index contributed by atoms with van der Waals surface area (Å²) in [6.45, 7) is 5.85. The van der Waals surface area contributed by atoms with Crippen LogP contribution in [0.15, 0.2) is 41.4 Å². The number of aliphatic hydroxyl groups excluding tert-OH is 1. The van der Waals surface area contributed by atoms with E-state index >= 15 is 0 Å². The number of nitrogens with zero attached hydrogens (tertiary/aromatic N) is 1. The first-order chi connectivity index (χ1) is 12.5. The van der Waals surface area contributed by atoms with Crippen molar-refractivity contribution in [2.75, 3.05) is 26.7 Å². The normalized spacial score (nSPS) is 14.0. The second-order valence-corrected chi connectivity index (χ2v) is 7.65. The lowest BCUT2D eigenvalue weighted by Crippen LogP contribution is -2.39. The van der Waals surface area contributed by atoms with Gasteiger partial charge < -0.3 is 20.5 Å². The van der Waals surface area contributed by atoms with Crippen LogP contribution in [0.2, 0.25) is 4.34 Å². The number of rotatable bonds is 8. The van der Waals surface area contributed by atoms with Crippen molar-refractivity contribution < 1.29 is 9.84 Å². The number of nitrogens with one attached hydrogen (secondary N) is 2. The van der Waals surface area contributed by atoms with Gasteiger partial charge in [0.1, 0.15) is 11.9 Å². The van der Waals surface area contributed by atoms with Gasteiger partial charge in [0.15, 0.2) is 5.96 Å². The number of para-hydroxylation sites is 1. The van der Waals surface area contributed by atoms with Gasteiger partial charge in [-0.05, 0) is 30.7 Å². The fraction of sp³-hybridized carbons (Fsp3) is 0.421. The molecular weight excluding hydrogens is 370 g/mol. The first-order valence-corrected chi connectivity index (χ1v) is 9.83. The van der Waals surface area contributed by atoms with Gasteiger partial charge >= 0.3 is 0 Å². The maximum Gasteiger partial charge on any atom is 0.191 e. The summed E-state index contributed by atoms with van der Waals surface area (Å²) in [4.78, 5) is 5.48. The Hall–Kier alpha value is -1.76. The lowest BCUT2D eigenvalue weighted by molar-refractivity contribution is 0.184. The van der Waals surface area contributed by atoms with Crippen LogP contribution in [-0.4, -0.2) is 37.8 Å². The van der Waals surface area contributed by atoms with E-state index < -0.39 is 6.10 Å². The van der Waals surface area contributed by atoms with Crippen LogP contribution in [-0.2, 0) is 0 Å². The lowest BCUT2D eigenvalue weighted by Gasteiger charge is -2.17.